The summed E-state index contributed by atoms with van der Waals surface area (Å²) in [6.07, 6.45) is 9.45. The maximum atomic E-state index is 12.2. The quantitative estimate of drug-likeness (QED) is 0.820. The Morgan fingerprint density at radius 3 is 2.05 bits per heavy atom. The van der Waals surface area contributed by atoms with Crippen LogP contribution in [0.2, 0.25) is 0 Å². The highest BCUT2D eigenvalue weighted by Gasteiger charge is 2.53. The predicted octanol–water partition coefficient (Wildman–Crippen LogP) is 2.75. The third kappa shape index (κ3) is 2.78. The molecule has 0 aromatic heterocycles. The van der Waals surface area contributed by atoms with E-state index >= 15 is 0 Å². The first-order valence-electron chi connectivity index (χ1n) is 8.38. The number of unbranched alkanes of at least 4 members (excludes halogenated alkanes) is 1. The molecule has 4 rings (SSSR count). The van der Waals surface area contributed by atoms with Crippen LogP contribution >= 0.6 is 0 Å². The lowest BCUT2D eigenvalue weighted by Crippen LogP contribution is -2.56. The van der Waals surface area contributed by atoms with E-state index in [4.69, 9.17) is 5.73 Å². The summed E-state index contributed by atoms with van der Waals surface area (Å²) in [5, 5.41) is 0. The predicted molar refractivity (Wildman–Crippen MR) is 82.1 cm³/mol. The third-order valence-electron chi connectivity index (χ3n) is 6.11. The van der Waals surface area contributed by atoms with E-state index in [1.807, 2.05) is 6.92 Å². The van der Waals surface area contributed by atoms with Gasteiger partial charge in [0.2, 0.25) is 0 Å². The second kappa shape index (κ2) is 5.28. The monoisotopic (exact) mass is 299 g/mol. The Labute approximate surface area is 123 Å². The Kier molecular flexibility index (Phi) is 3.91. The largest absolute Gasteiger partial charge is 0.326 e. The van der Waals surface area contributed by atoms with Gasteiger partial charge < -0.3 is 5.73 Å². The van der Waals surface area contributed by atoms with Crippen molar-refractivity contribution >= 4 is 9.84 Å². The zero-order valence-electron chi connectivity index (χ0n) is 12.7. The molecule has 4 aliphatic rings. The fourth-order valence-electron chi connectivity index (χ4n) is 5.53. The maximum Gasteiger partial charge on any atom is 0.151 e. The molecule has 4 saturated carbocycles. The summed E-state index contributed by atoms with van der Waals surface area (Å²) in [6, 6.07) is -0.127. The van der Waals surface area contributed by atoms with E-state index in [2.05, 4.69) is 0 Å². The molecule has 116 valence electrons. The van der Waals surface area contributed by atoms with Crippen LogP contribution < -0.4 is 5.73 Å². The summed E-state index contributed by atoms with van der Waals surface area (Å²) in [7, 11) is -2.96. The first-order valence-corrected chi connectivity index (χ1v) is 10.2. The molecular weight excluding hydrogens is 270 g/mol. The van der Waals surface area contributed by atoms with Gasteiger partial charge in [-0.2, -0.15) is 0 Å². The standard InChI is InChI=1S/C16H29NO2S/c1-2-3-4-20(18,19)11-15(17)16-8-12-5-13(9-16)7-14(6-12)10-16/h12-15H,2-11,17H2,1H3. The molecule has 20 heavy (non-hydrogen) atoms. The SMILES string of the molecule is CCCCS(=O)(=O)CC(N)C12CC3CC(CC(C3)C1)C2. The van der Waals surface area contributed by atoms with Gasteiger partial charge in [0.15, 0.2) is 9.84 Å². The Balaban J connectivity index is 1.69. The van der Waals surface area contributed by atoms with Crippen LogP contribution in [-0.2, 0) is 9.84 Å². The number of rotatable bonds is 6. The van der Waals surface area contributed by atoms with Crippen molar-refractivity contribution in [2.24, 2.45) is 28.9 Å². The van der Waals surface area contributed by atoms with E-state index in [9.17, 15) is 8.42 Å². The average molecular weight is 299 g/mol. The fourth-order valence-corrected chi connectivity index (χ4v) is 7.33. The highest BCUT2D eigenvalue weighted by Crippen LogP contribution is 2.61. The molecule has 0 saturated heterocycles. The molecule has 4 heteroatoms. The van der Waals surface area contributed by atoms with Crippen LogP contribution in [0.1, 0.15) is 58.3 Å². The van der Waals surface area contributed by atoms with E-state index in [0.29, 0.717) is 5.75 Å². The first-order chi connectivity index (χ1) is 9.42. The van der Waals surface area contributed by atoms with Crippen molar-refractivity contribution in [3.05, 3.63) is 0 Å². The van der Waals surface area contributed by atoms with E-state index in [-0.39, 0.29) is 17.2 Å². The minimum Gasteiger partial charge on any atom is -0.326 e. The Morgan fingerprint density at radius 1 is 1.10 bits per heavy atom. The number of nitrogens with two attached hydrogens (primary N) is 1. The highest BCUT2D eigenvalue weighted by molar-refractivity contribution is 7.91. The lowest BCUT2D eigenvalue weighted by Gasteiger charge is -2.58. The number of sulfone groups is 1. The smallest absolute Gasteiger partial charge is 0.151 e. The van der Waals surface area contributed by atoms with Gasteiger partial charge >= 0.3 is 0 Å². The summed E-state index contributed by atoms with van der Waals surface area (Å²) in [5.41, 5.74) is 6.61. The second-order valence-corrected chi connectivity index (χ2v) is 10.1. The molecule has 0 spiro atoms. The van der Waals surface area contributed by atoms with E-state index in [0.717, 1.165) is 30.6 Å². The van der Waals surface area contributed by atoms with Gasteiger partial charge in [-0.05, 0) is 68.1 Å². The molecule has 0 aromatic carbocycles. The van der Waals surface area contributed by atoms with Crippen molar-refractivity contribution in [3.8, 4) is 0 Å². The van der Waals surface area contributed by atoms with Crippen LogP contribution in [0.25, 0.3) is 0 Å². The third-order valence-corrected chi connectivity index (χ3v) is 7.89. The average Bonchev–Trinajstić information content (AvgIpc) is 2.34. The molecule has 0 aliphatic heterocycles. The van der Waals surface area contributed by atoms with Crippen molar-refractivity contribution in [1.82, 2.24) is 0 Å². The molecule has 2 N–H and O–H groups in total. The van der Waals surface area contributed by atoms with Gasteiger partial charge in [0.1, 0.15) is 0 Å². The van der Waals surface area contributed by atoms with E-state index in [1.165, 1.54) is 38.5 Å². The van der Waals surface area contributed by atoms with Crippen molar-refractivity contribution in [2.75, 3.05) is 11.5 Å². The van der Waals surface area contributed by atoms with Crippen LogP contribution in [0.3, 0.4) is 0 Å². The number of hydrogen-bond acceptors (Lipinski definition) is 3. The van der Waals surface area contributed by atoms with E-state index < -0.39 is 9.84 Å². The van der Waals surface area contributed by atoms with Gasteiger partial charge in [0.05, 0.1) is 11.5 Å². The summed E-state index contributed by atoms with van der Waals surface area (Å²) in [4.78, 5) is 0. The molecule has 0 amide bonds. The lowest BCUT2D eigenvalue weighted by atomic mass is 9.48. The molecule has 0 heterocycles. The summed E-state index contributed by atoms with van der Waals surface area (Å²) < 4.78 is 24.4. The van der Waals surface area contributed by atoms with Crippen molar-refractivity contribution in [1.29, 1.82) is 0 Å². The van der Waals surface area contributed by atoms with Crippen molar-refractivity contribution in [3.63, 3.8) is 0 Å². The minimum atomic E-state index is -2.96. The van der Waals surface area contributed by atoms with Gasteiger partial charge in [0.25, 0.3) is 0 Å². The zero-order chi connectivity index (χ0) is 14.4. The summed E-state index contributed by atoms with van der Waals surface area (Å²) >= 11 is 0. The number of hydrogen-bond donors (Lipinski definition) is 1. The Morgan fingerprint density at radius 2 is 1.60 bits per heavy atom. The van der Waals surface area contributed by atoms with Crippen LogP contribution in [0.5, 0.6) is 0 Å². The molecule has 1 unspecified atom stereocenters. The molecule has 1 atom stereocenters. The van der Waals surface area contributed by atoms with Gasteiger partial charge in [0, 0.05) is 6.04 Å². The van der Waals surface area contributed by atoms with Gasteiger partial charge in [-0.25, -0.2) is 8.42 Å². The van der Waals surface area contributed by atoms with Crippen LogP contribution in [0, 0.1) is 23.2 Å². The van der Waals surface area contributed by atoms with Gasteiger partial charge in [-0.15, -0.1) is 0 Å². The molecule has 4 aliphatic carbocycles. The molecular formula is C16H29NO2S. The van der Waals surface area contributed by atoms with Gasteiger partial charge in [-0.1, -0.05) is 13.3 Å². The van der Waals surface area contributed by atoms with Crippen molar-refractivity contribution in [2.45, 2.75) is 64.3 Å². The lowest BCUT2D eigenvalue weighted by molar-refractivity contribution is -0.0632. The normalized spacial score (nSPS) is 41.0. The first kappa shape index (κ1) is 14.8. The molecule has 4 bridgehead atoms. The second-order valence-electron chi connectivity index (χ2n) is 7.85. The minimum absolute atomic E-state index is 0.127. The maximum absolute atomic E-state index is 12.2. The molecule has 3 nitrogen and oxygen atoms in total. The summed E-state index contributed by atoms with van der Waals surface area (Å²) in [6.45, 7) is 2.04. The van der Waals surface area contributed by atoms with Crippen molar-refractivity contribution < 1.29 is 8.42 Å². The molecule has 0 aromatic rings. The van der Waals surface area contributed by atoms with Crippen LogP contribution in [0.15, 0.2) is 0 Å². The zero-order valence-corrected chi connectivity index (χ0v) is 13.5. The van der Waals surface area contributed by atoms with Gasteiger partial charge in [-0.3, -0.25) is 0 Å². The molecule has 4 fully saturated rings. The Hall–Kier alpha value is -0.0900. The fraction of sp³-hybridized carbons (Fsp3) is 1.00. The highest BCUT2D eigenvalue weighted by atomic mass is 32.2. The molecule has 0 radical (unpaired) electrons. The van der Waals surface area contributed by atoms with Crippen LogP contribution in [0.4, 0.5) is 0 Å². The Bertz CT molecular complexity index is 422. The van der Waals surface area contributed by atoms with Crippen LogP contribution in [-0.4, -0.2) is 26.0 Å². The topological polar surface area (TPSA) is 60.2 Å². The summed E-state index contributed by atoms with van der Waals surface area (Å²) in [5.74, 6) is 3.06. The van der Waals surface area contributed by atoms with E-state index in [1.54, 1.807) is 0 Å².